The standard InChI is InChI=1S/C20H21F2N5OS/c21-16-2-1-3-17(22)14(16)4-6-23-18(28)12-26-7-9-27(10-8-26)19-15-5-11-29-20(15)25-13-24-19/h1-3,5,11,13H,4,6-10,12H2,(H,23,28). The third-order valence-corrected chi connectivity index (χ3v) is 5.86. The summed E-state index contributed by atoms with van der Waals surface area (Å²) in [6.07, 6.45) is 1.72. The fraction of sp³-hybridized carbons (Fsp3) is 0.350. The largest absolute Gasteiger partial charge is 0.355 e. The number of benzene rings is 1. The Bertz CT molecular complexity index is 983. The van der Waals surface area contributed by atoms with Gasteiger partial charge in [0.2, 0.25) is 5.91 Å². The summed E-state index contributed by atoms with van der Waals surface area (Å²) in [5.74, 6) is -0.371. The average Bonchev–Trinajstić information content (AvgIpc) is 3.20. The lowest BCUT2D eigenvalue weighted by molar-refractivity contribution is -0.122. The normalized spacial score (nSPS) is 15.0. The Morgan fingerprint density at radius 1 is 1.10 bits per heavy atom. The molecule has 4 rings (SSSR count). The predicted octanol–water partition coefficient (Wildman–Crippen LogP) is 2.45. The van der Waals surface area contributed by atoms with Gasteiger partial charge in [-0.2, -0.15) is 0 Å². The van der Waals surface area contributed by atoms with E-state index in [-0.39, 0.29) is 31.0 Å². The number of piperazine rings is 1. The molecule has 3 heterocycles. The third-order valence-electron chi connectivity index (χ3n) is 5.04. The van der Waals surface area contributed by atoms with Crippen LogP contribution in [0.2, 0.25) is 0 Å². The molecule has 1 aliphatic heterocycles. The maximum Gasteiger partial charge on any atom is 0.234 e. The Morgan fingerprint density at radius 2 is 1.86 bits per heavy atom. The molecule has 1 N–H and O–H groups in total. The molecule has 152 valence electrons. The number of nitrogens with one attached hydrogen (secondary N) is 1. The fourth-order valence-corrected chi connectivity index (χ4v) is 4.23. The molecule has 0 aliphatic carbocycles. The number of fused-ring (bicyclic) bond motifs is 1. The topological polar surface area (TPSA) is 61.4 Å². The van der Waals surface area contributed by atoms with Crippen molar-refractivity contribution in [3.8, 4) is 0 Å². The van der Waals surface area contributed by atoms with Crippen LogP contribution in [0.25, 0.3) is 10.2 Å². The second-order valence-corrected chi connectivity index (χ2v) is 7.79. The molecule has 0 atom stereocenters. The molecule has 1 aliphatic rings. The highest BCUT2D eigenvalue weighted by molar-refractivity contribution is 7.16. The van der Waals surface area contributed by atoms with Crippen LogP contribution < -0.4 is 10.2 Å². The highest BCUT2D eigenvalue weighted by Crippen LogP contribution is 2.27. The smallest absolute Gasteiger partial charge is 0.234 e. The molecule has 0 unspecified atom stereocenters. The Kier molecular flexibility index (Phi) is 5.96. The molecule has 1 fully saturated rings. The highest BCUT2D eigenvalue weighted by Gasteiger charge is 2.21. The van der Waals surface area contributed by atoms with Gasteiger partial charge >= 0.3 is 0 Å². The van der Waals surface area contributed by atoms with E-state index < -0.39 is 11.6 Å². The van der Waals surface area contributed by atoms with Gasteiger partial charge in [0, 0.05) is 38.3 Å². The molecular weight excluding hydrogens is 396 g/mol. The molecular formula is C20H21F2N5OS. The van der Waals surface area contributed by atoms with Crippen LogP contribution in [-0.2, 0) is 11.2 Å². The molecule has 0 saturated carbocycles. The maximum atomic E-state index is 13.6. The van der Waals surface area contributed by atoms with E-state index in [4.69, 9.17) is 0 Å². The van der Waals surface area contributed by atoms with E-state index in [1.807, 2.05) is 11.4 Å². The summed E-state index contributed by atoms with van der Waals surface area (Å²) in [6, 6.07) is 5.81. The molecule has 2 aromatic heterocycles. The molecule has 9 heteroatoms. The molecule has 1 amide bonds. The zero-order chi connectivity index (χ0) is 20.2. The third kappa shape index (κ3) is 4.51. The van der Waals surface area contributed by atoms with Gasteiger partial charge in [0.15, 0.2) is 0 Å². The van der Waals surface area contributed by atoms with Crippen molar-refractivity contribution in [3.63, 3.8) is 0 Å². The van der Waals surface area contributed by atoms with Gasteiger partial charge in [-0.15, -0.1) is 11.3 Å². The maximum absolute atomic E-state index is 13.6. The molecule has 0 radical (unpaired) electrons. The van der Waals surface area contributed by atoms with Gasteiger partial charge in [-0.1, -0.05) is 6.07 Å². The Labute approximate surface area is 171 Å². The summed E-state index contributed by atoms with van der Waals surface area (Å²) >= 11 is 1.59. The van der Waals surface area contributed by atoms with Crippen molar-refractivity contribution in [1.82, 2.24) is 20.2 Å². The number of rotatable bonds is 6. The van der Waals surface area contributed by atoms with Crippen LogP contribution in [-0.4, -0.2) is 60.0 Å². The fourth-order valence-electron chi connectivity index (χ4n) is 3.50. The molecule has 6 nitrogen and oxygen atoms in total. The van der Waals surface area contributed by atoms with E-state index in [2.05, 4.69) is 25.1 Å². The van der Waals surface area contributed by atoms with E-state index in [9.17, 15) is 13.6 Å². The molecule has 3 aromatic rings. The van der Waals surface area contributed by atoms with Crippen LogP contribution in [0.15, 0.2) is 36.0 Å². The second-order valence-electron chi connectivity index (χ2n) is 6.90. The van der Waals surface area contributed by atoms with Gasteiger partial charge in [-0.25, -0.2) is 18.7 Å². The van der Waals surface area contributed by atoms with Crippen molar-refractivity contribution in [2.45, 2.75) is 6.42 Å². The van der Waals surface area contributed by atoms with Gasteiger partial charge in [0.1, 0.15) is 28.6 Å². The van der Waals surface area contributed by atoms with E-state index >= 15 is 0 Å². The van der Waals surface area contributed by atoms with Crippen LogP contribution in [0, 0.1) is 11.6 Å². The Morgan fingerprint density at radius 3 is 2.62 bits per heavy atom. The number of nitrogens with zero attached hydrogens (tertiary/aromatic N) is 4. The average molecular weight is 417 g/mol. The molecule has 1 saturated heterocycles. The van der Waals surface area contributed by atoms with Crippen molar-refractivity contribution in [1.29, 1.82) is 0 Å². The first-order valence-corrected chi connectivity index (χ1v) is 10.3. The van der Waals surface area contributed by atoms with Crippen molar-refractivity contribution in [3.05, 3.63) is 53.2 Å². The zero-order valence-corrected chi connectivity index (χ0v) is 16.6. The van der Waals surface area contributed by atoms with Crippen molar-refractivity contribution in [2.24, 2.45) is 0 Å². The van der Waals surface area contributed by atoms with Gasteiger partial charge in [-0.3, -0.25) is 9.69 Å². The summed E-state index contributed by atoms with van der Waals surface area (Å²) in [5, 5.41) is 5.82. The highest BCUT2D eigenvalue weighted by atomic mass is 32.1. The van der Waals surface area contributed by atoms with E-state index in [0.717, 1.165) is 42.2 Å². The van der Waals surface area contributed by atoms with E-state index in [0.29, 0.717) is 0 Å². The monoisotopic (exact) mass is 417 g/mol. The first-order chi connectivity index (χ1) is 14.1. The quantitative estimate of drug-likeness (QED) is 0.668. The SMILES string of the molecule is O=C(CN1CCN(c2ncnc3sccc23)CC1)NCCc1c(F)cccc1F. The van der Waals surface area contributed by atoms with Crippen molar-refractivity contribution >= 4 is 33.3 Å². The van der Waals surface area contributed by atoms with Crippen molar-refractivity contribution < 1.29 is 13.6 Å². The minimum atomic E-state index is -0.583. The lowest BCUT2D eigenvalue weighted by atomic mass is 10.1. The minimum Gasteiger partial charge on any atom is -0.355 e. The van der Waals surface area contributed by atoms with Gasteiger partial charge in [0.05, 0.1) is 11.9 Å². The zero-order valence-electron chi connectivity index (χ0n) is 15.8. The predicted molar refractivity (Wildman–Crippen MR) is 109 cm³/mol. The van der Waals surface area contributed by atoms with Crippen LogP contribution in [0.5, 0.6) is 0 Å². The summed E-state index contributed by atoms with van der Waals surface area (Å²) in [6.45, 7) is 3.50. The number of carbonyl (C=O) groups is 1. The number of aromatic nitrogens is 2. The molecule has 0 bridgehead atoms. The van der Waals surface area contributed by atoms with Crippen LogP contribution >= 0.6 is 11.3 Å². The number of halogens is 2. The summed E-state index contributed by atoms with van der Waals surface area (Å²) in [7, 11) is 0. The number of carbonyl (C=O) groups excluding carboxylic acids is 1. The van der Waals surface area contributed by atoms with Crippen molar-refractivity contribution in [2.75, 3.05) is 44.2 Å². The van der Waals surface area contributed by atoms with Gasteiger partial charge in [-0.05, 0) is 30.0 Å². The van der Waals surface area contributed by atoms with Crippen LogP contribution in [0.3, 0.4) is 0 Å². The second kappa shape index (κ2) is 8.79. The summed E-state index contributed by atoms with van der Waals surface area (Å²) in [5.41, 5.74) is 0.00556. The summed E-state index contributed by atoms with van der Waals surface area (Å²) in [4.78, 5) is 26.2. The Balaban J connectivity index is 1.24. The number of thiophene rings is 1. The number of anilines is 1. The Hall–Kier alpha value is -2.65. The lowest BCUT2D eigenvalue weighted by Crippen LogP contribution is -2.50. The first-order valence-electron chi connectivity index (χ1n) is 9.47. The minimum absolute atomic E-state index is 0.00556. The number of hydrogen-bond donors (Lipinski definition) is 1. The number of amides is 1. The molecule has 29 heavy (non-hydrogen) atoms. The molecule has 0 spiro atoms. The van der Waals surface area contributed by atoms with E-state index in [1.54, 1.807) is 17.7 Å². The van der Waals surface area contributed by atoms with Gasteiger partial charge in [0.25, 0.3) is 0 Å². The molecule has 1 aromatic carbocycles. The first kappa shape index (κ1) is 19.7. The van der Waals surface area contributed by atoms with Gasteiger partial charge < -0.3 is 10.2 Å². The van der Waals surface area contributed by atoms with Crippen LogP contribution in [0.4, 0.5) is 14.6 Å². The summed E-state index contributed by atoms with van der Waals surface area (Å²) < 4.78 is 27.3. The van der Waals surface area contributed by atoms with Crippen LogP contribution in [0.1, 0.15) is 5.56 Å². The van der Waals surface area contributed by atoms with E-state index in [1.165, 1.54) is 18.2 Å². The number of hydrogen-bond acceptors (Lipinski definition) is 6. The lowest BCUT2D eigenvalue weighted by Gasteiger charge is -2.35.